The molecule has 1 amide bonds. The number of carbonyl (C=O) groups is 1. The Morgan fingerprint density at radius 1 is 1.22 bits per heavy atom. The predicted molar refractivity (Wildman–Crippen MR) is 124 cm³/mol. The minimum Gasteiger partial charge on any atom is -0.337 e. The largest absolute Gasteiger partial charge is 0.337 e. The van der Waals surface area contributed by atoms with Gasteiger partial charge in [0.05, 0.1) is 6.54 Å². The highest BCUT2D eigenvalue weighted by Crippen LogP contribution is 2.49. The van der Waals surface area contributed by atoms with Gasteiger partial charge >= 0.3 is 0 Å². The molecule has 166 valence electrons. The number of hydrogen-bond acceptors (Lipinski definition) is 2. The normalized spacial score (nSPS) is 21.1. The van der Waals surface area contributed by atoms with Gasteiger partial charge in [-0.15, -0.1) is 0 Å². The number of rotatable bonds is 5. The van der Waals surface area contributed by atoms with Crippen LogP contribution in [0.1, 0.15) is 61.5 Å². The third kappa shape index (κ3) is 3.85. The number of aromatic nitrogens is 2. The highest BCUT2D eigenvalue weighted by Gasteiger charge is 2.46. The molecule has 0 aliphatic heterocycles. The van der Waals surface area contributed by atoms with Gasteiger partial charge in [0.1, 0.15) is 11.6 Å². The van der Waals surface area contributed by atoms with Gasteiger partial charge in [0.2, 0.25) is 5.91 Å². The molecule has 3 aromatic rings. The number of nitrogens with zero attached hydrogens (tertiary/aromatic N) is 3. The molecule has 0 spiro atoms. The van der Waals surface area contributed by atoms with Crippen molar-refractivity contribution in [2.75, 3.05) is 4.90 Å². The molecule has 1 saturated carbocycles. The van der Waals surface area contributed by atoms with Gasteiger partial charge in [-0.1, -0.05) is 32.0 Å². The molecule has 4 nitrogen and oxygen atoms in total. The number of amides is 1. The van der Waals surface area contributed by atoms with Crippen LogP contribution in [-0.4, -0.2) is 15.5 Å². The van der Waals surface area contributed by atoms with Crippen LogP contribution in [0, 0.1) is 11.7 Å². The number of fused-ring (bicyclic) bond motifs is 1. The molecule has 0 saturated heterocycles. The minimum absolute atomic E-state index is 0.0757. The topological polar surface area (TPSA) is 38.1 Å². The lowest BCUT2D eigenvalue weighted by Crippen LogP contribution is -2.33. The summed E-state index contributed by atoms with van der Waals surface area (Å²) in [6.07, 6.45) is 7.90. The molecule has 2 aromatic carbocycles. The van der Waals surface area contributed by atoms with Crippen LogP contribution >= 0.6 is 0 Å². The van der Waals surface area contributed by atoms with Crippen LogP contribution in [0.2, 0.25) is 0 Å². The molecule has 32 heavy (non-hydrogen) atoms. The van der Waals surface area contributed by atoms with Crippen molar-refractivity contribution in [1.29, 1.82) is 0 Å². The summed E-state index contributed by atoms with van der Waals surface area (Å²) >= 11 is 0. The smallest absolute Gasteiger partial charge is 0.231 e. The summed E-state index contributed by atoms with van der Waals surface area (Å²) in [6, 6.07) is 13.1. The zero-order valence-corrected chi connectivity index (χ0v) is 19.0. The average Bonchev–Trinajstić information content (AvgIpc) is 3.46. The van der Waals surface area contributed by atoms with E-state index in [4.69, 9.17) is 0 Å². The van der Waals surface area contributed by atoms with Crippen molar-refractivity contribution < 1.29 is 9.18 Å². The fourth-order valence-electron chi connectivity index (χ4n) is 5.20. The first-order valence-corrected chi connectivity index (χ1v) is 11.5. The lowest BCUT2D eigenvalue weighted by Gasteiger charge is -2.34. The molecule has 2 aliphatic rings. The van der Waals surface area contributed by atoms with E-state index in [-0.39, 0.29) is 29.0 Å². The van der Waals surface area contributed by atoms with Crippen LogP contribution in [0.4, 0.5) is 10.1 Å². The van der Waals surface area contributed by atoms with E-state index in [9.17, 15) is 9.18 Å². The van der Waals surface area contributed by atoms with Gasteiger partial charge in [0.25, 0.3) is 0 Å². The Bertz CT molecular complexity index is 1150. The summed E-state index contributed by atoms with van der Waals surface area (Å²) in [5.41, 5.74) is 4.90. The van der Waals surface area contributed by atoms with Crippen LogP contribution in [0.3, 0.4) is 0 Å². The zero-order chi connectivity index (χ0) is 22.5. The van der Waals surface area contributed by atoms with Crippen molar-refractivity contribution in [3.8, 4) is 0 Å². The van der Waals surface area contributed by atoms with E-state index < -0.39 is 0 Å². The molecular weight excluding hydrogens is 401 g/mol. The first kappa shape index (κ1) is 20.9. The highest BCUT2D eigenvalue weighted by atomic mass is 19.1. The number of anilines is 1. The summed E-state index contributed by atoms with van der Waals surface area (Å²) in [5.74, 6) is 0.815. The first-order valence-electron chi connectivity index (χ1n) is 11.5. The number of hydrogen-bond donors (Lipinski definition) is 0. The van der Waals surface area contributed by atoms with Gasteiger partial charge in [-0.3, -0.25) is 4.79 Å². The Balaban J connectivity index is 1.46. The van der Waals surface area contributed by atoms with Gasteiger partial charge in [0.15, 0.2) is 0 Å². The summed E-state index contributed by atoms with van der Waals surface area (Å²) in [4.78, 5) is 20.1. The lowest BCUT2D eigenvalue weighted by atomic mass is 9.73. The predicted octanol–water partition coefficient (Wildman–Crippen LogP) is 5.51. The van der Waals surface area contributed by atoms with Gasteiger partial charge in [0, 0.05) is 31.0 Å². The second kappa shape index (κ2) is 7.88. The standard InChI is InChI=1S/C27H30FN3O/c1-27(2)12-4-5-19-15-21(10-11-24(19)27)31(17-25-29-13-14-30(25)3)26(32)23-16-22(23)18-6-8-20(28)9-7-18/h6-11,13-15,22-23H,4-5,12,16-17H2,1-3H3/t22-,23+/m1/s1. The van der Waals surface area contributed by atoms with Crippen molar-refractivity contribution in [3.63, 3.8) is 0 Å². The van der Waals surface area contributed by atoms with Crippen LogP contribution in [0.15, 0.2) is 54.9 Å². The fraction of sp³-hybridized carbons (Fsp3) is 0.407. The second-order valence-electron chi connectivity index (χ2n) is 9.96. The zero-order valence-electron chi connectivity index (χ0n) is 19.0. The van der Waals surface area contributed by atoms with E-state index >= 15 is 0 Å². The van der Waals surface area contributed by atoms with Crippen molar-refractivity contribution in [2.24, 2.45) is 13.0 Å². The molecule has 5 heteroatoms. The Labute approximate surface area is 189 Å². The number of carbonyl (C=O) groups excluding carboxylic acids is 1. The molecule has 0 unspecified atom stereocenters. The number of halogens is 1. The van der Waals surface area contributed by atoms with E-state index in [2.05, 4.69) is 37.0 Å². The van der Waals surface area contributed by atoms with Crippen molar-refractivity contribution in [1.82, 2.24) is 9.55 Å². The maximum absolute atomic E-state index is 13.7. The summed E-state index contributed by atoms with van der Waals surface area (Å²) < 4.78 is 15.3. The first-order chi connectivity index (χ1) is 15.3. The summed E-state index contributed by atoms with van der Waals surface area (Å²) in [6.45, 7) is 5.05. The maximum Gasteiger partial charge on any atom is 0.231 e. The SMILES string of the molecule is Cn1ccnc1CN(C(=O)[C@H]1C[C@@H]1c1ccc(F)cc1)c1ccc2c(c1)CCCC2(C)C. The van der Waals surface area contributed by atoms with Crippen molar-refractivity contribution in [3.05, 3.63) is 83.2 Å². The molecule has 5 rings (SSSR count). The molecule has 0 N–H and O–H groups in total. The van der Waals surface area contributed by atoms with Crippen LogP contribution in [-0.2, 0) is 30.2 Å². The monoisotopic (exact) mass is 431 g/mol. The van der Waals surface area contributed by atoms with Crippen molar-refractivity contribution >= 4 is 11.6 Å². The third-order valence-electron chi connectivity index (χ3n) is 7.27. The highest BCUT2D eigenvalue weighted by molar-refractivity contribution is 5.97. The quantitative estimate of drug-likeness (QED) is 0.534. The van der Waals surface area contributed by atoms with E-state index in [0.29, 0.717) is 6.54 Å². The van der Waals surface area contributed by atoms with Crippen LogP contribution < -0.4 is 4.90 Å². The molecule has 2 atom stereocenters. The van der Waals surface area contributed by atoms with E-state index in [1.807, 2.05) is 22.7 Å². The molecule has 1 aromatic heterocycles. The van der Waals surface area contributed by atoms with E-state index in [1.165, 1.54) is 36.1 Å². The Morgan fingerprint density at radius 3 is 2.72 bits per heavy atom. The van der Waals surface area contributed by atoms with Gasteiger partial charge in [-0.25, -0.2) is 9.37 Å². The minimum atomic E-state index is -0.245. The number of benzene rings is 2. The van der Waals surface area contributed by atoms with Gasteiger partial charge in [-0.05, 0) is 78.0 Å². The summed E-state index contributed by atoms with van der Waals surface area (Å²) in [5, 5.41) is 0. The Hall–Kier alpha value is -2.95. The number of imidazole rings is 1. The third-order valence-corrected chi connectivity index (χ3v) is 7.27. The van der Waals surface area contributed by atoms with Crippen molar-refractivity contribution in [2.45, 2.75) is 57.4 Å². The maximum atomic E-state index is 13.7. The molecular formula is C27H30FN3O. The fourth-order valence-corrected chi connectivity index (χ4v) is 5.20. The molecule has 1 heterocycles. The molecule has 0 radical (unpaired) electrons. The molecule has 1 fully saturated rings. The Kier molecular flexibility index (Phi) is 5.15. The molecule has 0 bridgehead atoms. The van der Waals surface area contributed by atoms with Crippen LogP contribution in [0.25, 0.3) is 0 Å². The average molecular weight is 432 g/mol. The Morgan fingerprint density at radius 2 is 2.00 bits per heavy atom. The molecule has 2 aliphatic carbocycles. The second-order valence-corrected chi connectivity index (χ2v) is 9.96. The van der Waals surface area contributed by atoms with E-state index in [0.717, 1.165) is 29.9 Å². The van der Waals surface area contributed by atoms with Gasteiger partial charge in [-0.2, -0.15) is 0 Å². The van der Waals surface area contributed by atoms with Gasteiger partial charge < -0.3 is 9.47 Å². The lowest BCUT2D eigenvalue weighted by molar-refractivity contribution is -0.120. The van der Waals surface area contributed by atoms with E-state index in [1.54, 1.807) is 18.3 Å². The summed E-state index contributed by atoms with van der Waals surface area (Å²) in [7, 11) is 1.96. The van der Waals surface area contributed by atoms with Crippen LogP contribution in [0.5, 0.6) is 0 Å². The number of aryl methyl sites for hydroxylation is 2.